The van der Waals surface area contributed by atoms with Crippen LogP contribution in [0.3, 0.4) is 0 Å². The van der Waals surface area contributed by atoms with Gasteiger partial charge >= 0.3 is 0 Å². The minimum Gasteiger partial charge on any atom is -0.485 e. The summed E-state index contributed by atoms with van der Waals surface area (Å²) >= 11 is 6.98. The van der Waals surface area contributed by atoms with Crippen LogP contribution in [0.4, 0.5) is 0 Å². The largest absolute Gasteiger partial charge is 0.485 e. The molecule has 0 atom stereocenters. The summed E-state index contributed by atoms with van der Waals surface area (Å²) < 4.78 is 8.18. The quantitative estimate of drug-likeness (QED) is 0.768. The second-order valence-corrected chi connectivity index (χ2v) is 6.31. The molecule has 1 fully saturated rings. The number of rotatable bonds is 6. The van der Waals surface area contributed by atoms with Gasteiger partial charge in [-0.15, -0.1) is 0 Å². The van der Waals surface area contributed by atoms with Crippen molar-refractivity contribution in [2.24, 2.45) is 0 Å². The van der Waals surface area contributed by atoms with E-state index in [0.717, 1.165) is 47.0 Å². The molecule has 1 aliphatic rings. The zero-order valence-corrected chi connectivity index (χ0v) is 13.1. The highest BCUT2D eigenvalue weighted by atomic mass is 79.9. The summed E-state index contributed by atoms with van der Waals surface area (Å²) in [6.07, 6.45) is 3.45. The Morgan fingerprint density at radius 3 is 2.71 bits per heavy atom. The van der Waals surface area contributed by atoms with Crippen molar-refractivity contribution in [2.45, 2.75) is 31.8 Å². The molecule has 0 aliphatic heterocycles. The van der Waals surface area contributed by atoms with Crippen molar-refractivity contribution in [3.8, 4) is 5.75 Å². The van der Waals surface area contributed by atoms with Gasteiger partial charge in [-0.3, -0.25) is 0 Å². The van der Waals surface area contributed by atoms with E-state index in [4.69, 9.17) is 4.74 Å². The van der Waals surface area contributed by atoms with E-state index in [2.05, 4.69) is 44.1 Å². The molecule has 0 unspecified atom stereocenters. The van der Waals surface area contributed by atoms with Crippen LogP contribution in [0.15, 0.2) is 27.1 Å². The minimum absolute atomic E-state index is 0.0333. The molecular weight excluding hydrogens is 346 g/mol. The summed E-state index contributed by atoms with van der Waals surface area (Å²) in [5.41, 5.74) is 0.0333. The van der Waals surface area contributed by atoms with Crippen LogP contribution in [0.5, 0.6) is 5.75 Å². The van der Waals surface area contributed by atoms with E-state index in [1.54, 1.807) is 0 Å². The Balaban J connectivity index is 1.95. The van der Waals surface area contributed by atoms with E-state index < -0.39 is 0 Å². The fraction of sp³-hybridized carbons (Fsp3) is 0.538. The fourth-order valence-electron chi connectivity index (χ4n) is 1.74. The van der Waals surface area contributed by atoms with Gasteiger partial charge in [-0.2, -0.15) is 0 Å². The Morgan fingerprint density at radius 2 is 2.12 bits per heavy atom. The lowest BCUT2D eigenvalue weighted by atomic mass is 10.3. The SMILES string of the molecule is CCCNCC1(Oc2ccc(Br)cc2Br)CC1. The first-order valence-corrected chi connectivity index (χ1v) is 7.59. The lowest BCUT2D eigenvalue weighted by Crippen LogP contribution is -2.33. The van der Waals surface area contributed by atoms with Crippen LogP contribution >= 0.6 is 31.9 Å². The van der Waals surface area contributed by atoms with Crippen molar-refractivity contribution >= 4 is 31.9 Å². The van der Waals surface area contributed by atoms with Crippen LogP contribution in [-0.2, 0) is 0 Å². The second-order valence-electron chi connectivity index (χ2n) is 4.54. The van der Waals surface area contributed by atoms with Gasteiger partial charge in [0, 0.05) is 11.0 Å². The predicted molar refractivity (Wildman–Crippen MR) is 77.6 cm³/mol. The van der Waals surface area contributed by atoms with E-state index in [9.17, 15) is 0 Å². The molecule has 2 nitrogen and oxygen atoms in total. The molecule has 0 heterocycles. The molecule has 0 saturated heterocycles. The molecule has 0 bridgehead atoms. The molecule has 1 N–H and O–H groups in total. The lowest BCUT2D eigenvalue weighted by Gasteiger charge is -2.19. The second kappa shape index (κ2) is 5.72. The molecule has 4 heteroatoms. The van der Waals surface area contributed by atoms with Crippen molar-refractivity contribution in [2.75, 3.05) is 13.1 Å². The summed E-state index contributed by atoms with van der Waals surface area (Å²) in [5, 5.41) is 3.44. The van der Waals surface area contributed by atoms with Gasteiger partial charge in [-0.25, -0.2) is 0 Å². The number of ether oxygens (including phenoxy) is 1. The molecule has 0 radical (unpaired) electrons. The Bertz CT molecular complexity index is 391. The summed E-state index contributed by atoms with van der Waals surface area (Å²) in [7, 11) is 0. The molecule has 0 aromatic heterocycles. The topological polar surface area (TPSA) is 21.3 Å². The zero-order chi connectivity index (χ0) is 12.3. The van der Waals surface area contributed by atoms with E-state index in [0.29, 0.717) is 0 Å². The van der Waals surface area contributed by atoms with Crippen LogP contribution in [0.2, 0.25) is 0 Å². The Morgan fingerprint density at radius 1 is 1.35 bits per heavy atom. The van der Waals surface area contributed by atoms with Gasteiger partial charge in [0.05, 0.1) is 4.47 Å². The van der Waals surface area contributed by atoms with Gasteiger partial charge in [0.1, 0.15) is 11.4 Å². The predicted octanol–water partition coefficient (Wildman–Crippen LogP) is 4.12. The molecule has 1 aromatic carbocycles. The molecular formula is C13H17Br2NO. The average Bonchev–Trinajstić information content (AvgIpc) is 3.03. The number of hydrogen-bond acceptors (Lipinski definition) is 2. The maximum Gasteiger partial charge on any atom is 0.134 e. The highest BCUT2D eigenvalue weighted by Gasteiger charge is 2.45. The first-order valence-electron chi connectivity index (χ1n) is 6.00. The van der Waals surface area contributed by atoms with Crippen molar-refractivity contribution < 1.29 is 4.74 Å². The molecule has 1 aromatic rings. The van der Waals surface area contributed by atoms with Crippen molar-refractivity contribution in [1.29, 1.82) is 0 Å². The Kier molecular flexibility index (Phi) is 4.50. The highest BCUT2D eigenvalue weighted by Crippen LogP contribution is 2.42. The van der Waals surface area contributed by atoms with Crippen LogP contribution in [0.1, 0.15) is 26.2 Å². The third-order valence-corrected chi connectivity index (χ3v) is 4.01. The zero-order valence-electron chi connectivity index (χ0n) is 9.93. The Hall–Kier alpha value is -0.0600. The maximum atomic E-state index is 6.12. The molecule has 2 rings (SSSR count). The lowest BCUT2D eigenvalue weighted by molar-refractivity contribution is 0.174. The van der Waals surface area contributed by atoms with Crippen LogP contribution in [0.25, 0.3) is 0 Å². The van der Waals surface area contributed by atoms with Gasteiger partial charge in [0.2, 0.25) is 0 Å². The molecule has 0 amide bonds. The van der Waals surface area contributed by atoms with E-state index in [-0.39, 0.29) is 5.60 Å². The fourth-order valence-corrected chi connectivity index (χ4v) is 2.87. The normalized spacial score (nSPS) is 16.9. The average molecular weight is 363 g/mol. The van der Waals surface area contributed by atoms with Crippen LogP contribution in [0, 0.1) is 0 Å². The molecule has 0 spiro atoms. The monoisotopic (exact) mass is 361 g/mol. The van der Waals surface area contributed by atoms with Gasteiger partial charge in [-0.05, 0) is 59.9 Å². The molecule has 17 heavy (non-hydrogen) atoms. The van der Waals surface area contributed by atoms with Crippen LogP contribution < -0.4 is 10.1 Å². The van der Waals surface area contributed by atoms with E-state index in [1.165, 1.54) is 0 Å². The highest BCUT2D eigenvalue weighted by molar-refractivity contribution is 9.11. The molecule has 94 valence electrons. The summed E-state index contributed by atoms with van der Waals surface area (Å²) in [6, 6.07) is 6.04. The third-order valence-electron chi connectivity index (χ3n) is 2.90. The first-order chi connectivity index (χ1) is 8.15. The number of benzene rings is 1. The summed E-state index contributed by atoms with van der Waals surface area (Å²) in [4.78, 5) is 0. The molecule has 1 aliphatic carbocycles. The minimum atomic E-state index is 0.0333. The smallest absolute Gasteiger partial charge is 0.134 e. The van der Waals surface area contributed by atoms with Crippen LogP contribution in [-0.4, -0.2) is 18.7 Å². The van der Waals surface area contributed by atoms with Crippen molar-refractivity contribution in [1.82, 2.24) is 5.32 Å². The van der Waals surface area contributed by atoms with Gasteiger partial charge in [-0.1, -0.05) is 22.9 Å². The number of hydrogen-bond donors (Lipinski definition) is 1. The van der Waals surface area contributed by atoms with E-state index >= 15 is 0 Å². The maximum absolute atomic E-state index is 6.12. The summed E-state index contributed by atoms with van der Waals surface area (Å²) in [5.74, 6) is 0.934. The standard InChI is InChI=1S/C13H17Br2NO/c1-2-7-16-9-13(5-6-13)17-12-4-3-10(14)8-11(12)15/h3-4,8,16H,2,5-7,9H2,1H3. The first kappa shape index (κ1) is 13.4. The van der Waals surface area contributed by atoms with Gasteiger partial charge < -0.3 is 10.1 Å². The molecule has 1 saturated carbocycles. The third kappa shape index (κ3) is 3.70. The van der Waals surface area contributed by atoms with Gasteiger partial charge in [0.25, 0.3) is 0 Å². The Labute approximate surface area is 119 Å². The number of nitrogens with one attached hydrogen (secondary N) is 1. The number of halogens is 2. The van der Waals surface area contributed by atoms with Crippen molar-refractivity contribution in [3.05, 3.63) is 27.1 Å². The van der Waals surface area contributed by atoms with Crippen molar-refractivity contribution in [3.63, 3.8) is 0 Å². The van der Waals surface area contributed by atoms with E-state index in [1.807, 2.05) is 18.2 Å². The summed E-state index contributed by atoms with van der Waals surface area (Å²) in [6.45, 7) is 4.19. The van der Waals surface area contributed by atoms with Gasteiger partial charge in [0.15, 0.2) is 0 Å².